The zero-order valence-corrected chi connectivity index (χ0v) is 21.9. The third-order valence-corrected chi connectivity index (χ3v) is 8.20. The minimum absolute atomic E-state index is 9.73. The van der Waals surface area contributed by atoms with E-state index >= 15 is 43.9 Å². The van der Waals surface area contributed by atoms with Crippen LogP contribution in [-0.2, 0) is 0 Å². The van der Waals surface area contributed by atoms with E-state index in [1.165, 1.54) is 0 Å². The molecule has 52 heavy (non-hydrogen) atoms. The summed E-state index contributed by atoms with van der Waals surface area (Å²) in [6.45, 7) is 0. The third-order valence-electron chi connectivity index (χ3n) is 8.20. The summed E-state index contributed by atoms with van der Waals surface area (Å²) < 4.78 is 491. The average Bonchev–Trinajstić information content (AvgIpc) is 2.85. The lowest BCUT2D eigenvalue weighted by Gasteiger charge is -2.74. The van der Waals surface area contributed by atoms with Crippen LogP contribution >= 0.6 is 0 Å². The van der Waals surface area contributed by atoms with E-state index in [1.54, 1.807) is 0 Å². The Bertz CT molecular complexity index is 1270. The normalized spacial score (nSPS) is 33.3. The molecule has 2 aliphatic rings. The van der Waals surface area contributed by atoms with E-state index in [9.17, 15) is 105 Å². The van der Waals surface area contributed by atoms with Crippen molar-refractivity contribution in [3.05, 3.63) is 0 Å². The molecule has 310 valence electrons. The molecule has 0 aliphatic heterocycles. The van der Waals surface area contributed by atoms with Gasteiger partial charge < -0.3 is 0 Å². The van der Waals surface area contributed by atoms with Crippen LogP contribution in [0.3, 0.4) is 0 Å². The van der Waals surface area contributed by atoms with Gasteiger partial charge in [0.1, 0.15) is 0 Å². The van der Waals surface area contributed by atoms with Crippen molar-refractivity contribution in [3.63, 3.8) is 0 Å². The first-order chi connectivity index (χ1) is 21.8. The molecule has 0 radical (unpaired) electrons. The summed E-state index contributed by atoms with van der Waals surface area (Å²) in [5, 5.41) is 0. The highest BCUT2D eigenvalue weighted by Crippen LogP contribution is 2.94. The molecule has 0 nitrogen and oxygen atoms in total. The SMILES string of the molecule is FC(F)(F)C(F)(F)C(F)(C(F)(F)F)C12C(F)(F)C(F)(F)C(F)(F)C(F)(F)C1(C(F)(C(F)(F)F)C(F)(F)C(F)(F)F)C(F)(F)C(F)(F)C(F)(F)C2(F)F. The lowest BCUT2D eigenvalue weighted by Crippen LogP contribution is -3.04. The van der Waals surface area contributed by atoms with E-state index in [-0.39, 0.29) is 0 Å². The standard InChI is InChI=1S/C18F34/c19-3(15(41,42)43,9(29,30)17(47,48)49)1-2(4(20,16(44,45)46)10(31,32)18(50,51)52,7(25,26)13(37,38)11(33,34)5(1,21)22)8(27,28)14(39,40)12(35,36)6(1,23)24. The Morgan fingerprint density at radius 2 is 0.327 bits per heavy atom. The first-order valence-electron chi connectivity index (χ1n) is 11.2. The van der Waals surface area contributed by atoms with E-state index in [4.69, 9.17) is 0 Å². The van der Waals surface area contributed by atoms with Crippen LogP contribution < -0.4 is 0 Å². The summed E-state index contributed by atoms with van der Waals surface area (Å²) in [5.41, 5.74) is -47.8. The van der Waals surface area contributed by atoms with Gasteiger partial charge >= 0.3 is 83.9 Å². The van der Waals surface area contributed by atoms with Crippen molar-refractivity contribution in [1.29, 1.82) is 0 Å². The molecule has 2 unspecified atom stereocenters. The molecule has 0 spiro atoms. The van der Waals surface area contributed by atoms with Gasteiger partial charge in [-0.25, -0.2) is 8.78 Å². The molecule has 0 N–H and O–H groups in total. The van der Waals surface area contributed by atoms with Crippen LogP contribution in [0.1, 0.15) is 0 Å². The molecule has 0 heterocycles. The number of rotatable bonds is 4. The zero-order valence-electron chi connectivity index (χ0n) is 21.9. The Labute approximate surface area is 257 Å². The Balaban J connectivity index is 4.30. The fourth-order valence-electron chi connectivity index (χ4n) is 6.09. The molecule has 0 aromatic heterocycles. The lowest BCUT2D eigenvalue weighted by atomic mass is 9.32. The molecule has 0 amide bonds. The van der Waals surface area contributed by atoms with Crippen molar-refractivity contribution >= 4 is 0 Å². The van der Waals surface area contributed by atoms with Crippen molar-refractivity contribution in [2.75, 3.05) is 0 Å². The number of alkyl halides is 34. The number of hydrogen-bond acceptors (Lipinski definition) is 0. The summed E-state index contributed by atoms with van der Waals surface area (Å²) in [5.74, 6) is -108. The van der Waals surface area contributed by atoms with Crippen molar-refractivity contribution in [1.82, 2.24) is 0 Å². The van der Waals surface area contributed by atoms with Crippen LogP contribution in [0.15, 0.2) is 0 Å². The molecule has 2 rings (SSSR count). The molecule has 0 aromatic rings. The summed E-state index contributed by atoms with van der Waals surface area (Å²) >= 11 is 0. The van der Waals surface area contributed by atoms with Crippen LogP contribution in [0, 0.1) is 10.8 Å². The highest BCUT2D eigenvalue weighted by atomic mass is 19.5. The fraction of sp³-hybridized carbons (Fsp3) is 1.00. The second-order valence-electron chi connectivity index (χ2n) is 10.6. The van der Waals surface area contributed by atoms with Crippen molar-refractivity contribution in [3.8, 4) is 0 Å². The lowest BCUT2D eigenvalue weighted by molar-refractivity contribution is -0.634. The molecule has 0 bridgehead atoms. The summed E-state index contributed by atoms with van der Waals surface area (Å²) in [4.78, 5) is 0. The second kappa shape index (κ2) is 9.88. The first-order valence-corrected chi connectivity index (χ1v) is 11.2. The zero-order chi connectivity index (χ0) is 43.0. The van der Waals surface area contributed by atoms with Gasteiger partial charge in [0.15, 0.2) is 10.8 Å². The highest BCUT2D eigenvalue weighted by Gasteiger charge is 3.23. The largest absolute Gasteiger partial charge is 0.457 e. The van der Waals surface area contributed by atoms with Crippen molar-refractivity contribution < 1.29 is 149 Å². The Morgan fingerprint density at radius 1 is 0.192 bits per heavy atom. The molecule has 2 atom stereocenters. The Morgan fingerprint density at radius 3 is 0.423 bits per heavy atom. The fourth-order valence-corrected chi connectivity index (χ4v) is 6.09. The molecule has 0 aromatic carbocycles. The maximum atomic E-state index is 15.9. The topological polar surface area (TPSA) is 0 Å². The molecule has 2 fully saturated rings. The summed E-state index contributed by atoms with van der Waals surface area (Å²) in [6.07, 6.45) is -40.5. The van der Waals surface area contributed by atoms with Gasteiger partial charge in [0.05, 0.1) is 0 Å². The Hall–Kier alpha value is -2.38. The summed E-state index contributed by atoms with van der Waals surface area (Å²) in [6, 6.07) is 0. The van der Waals surface area contributed by atoms with Crippen LogP contribution in [0.5, 0.6) is 0 Å². The minimum Gasteiger partial charge on any atom is -0.225 e. The molecular weight excluding hydrogens is 862 g/mol. The molecule has 2 saturated carbocycles. The maximum Gasteiger partial charge on any atom is 0.457 e. The first kappa shape index (κ1) is 45.8. The van der Waals surface area contributed by atoms with E-state index in [2.05, 4.69) is 0 Å². The smallest absolute Gasteiger partial charge is 0.225 e. The van der Waals surface area contributed by atoms with Gasteiger partial charge in [-0.1, -0.05) is 0 Å². The van der Waals surface area contributed by atoms with Crippen molar-refractivity contribution in [2.45, 2.75) is 95.3 Å². The van der Waals surface area contributed by atoms with E-state index < -0.39 is 106 Å². The Kier molecular flexibility index (Phi) is 8.70. The van der Waals surface area contributed by atoms with E-state index in [0.29, 0.717) is 0 Å². The number of halogens is 34. The molecular formula is C18F34. The molecule has 0 saturated heterocycles. The van der Waals surface area contributed by atoms with Crippen LogP contribution in [0.2, 0.25) is 0 Å². The van der Waals surface area contributed by atoms with Crippen molar-refractivity contribution in [2.24, 2.45) is 10.8 Å². The van der Waals surface area contributed by atoms with Gasteiger partial charge in [-0.2, -0.15) is 140 Å². The maximum absolute atomic E-state index is 15.9. The predicted octanol–water partition coefficient (Wildman–Crippen LogP) is 11.0. The number of fused-ring (bicyclic) bond motifs is 1. The van der Waals surface area contributed by atoms with Crippen LogP contribution in [-0.4, -0.2) is 95.3 Å². The van der Waals surface area contributed by atoms with Gasteiger partial charge in [0.25, 0.3) is 11.3 Å². The van der Waals surface area contributed by atoms with Gasteiger partial charge in [0, 0.05) is 0 Å². The predicted molar refractivity (Wildman–Crippen MR) is 86.2 cm³/mol. The monoisotopic (exact) mass is 862 g/mol. The van der Waals surface area contributed by atoms with Crippen LogP contribution in [0.4, 0.5) is 149 Å². The van der Waals surface area contributed by atoms with Gasteiger partial charge in [-0.3, -0.25) is 0 Å². The quantitative estimate of drug-likeness (QED) is 0.247. The summed E-state index contributed by atoms with van der Waals surface area (Å²) in [7, 11) is 0. The second-order valence-corrected chi connectivity index (χ2v) is 10.6. The van der Waals surface area contributed by atoms with E-state index in [1.807, 2.05) is 0 Å². The minimum atomic E-state index is -12.2. The third kappa shape index (κ3) is 3.64. The highest BCUT2D eigenvalue weighted by molar-refractivity contribution is 5.49. The molecule has 34 heteroatoms. The van der Waals surface area contributed by atoms with E-state index in [0.717, 1.165) is 0 Å². The van der Waals surface area contributed by atoms with Crippen LogP contribution in [0.25, 0.3) is 0 Å². The molecule has 2 aliphatic carbocycles. The van der Waals surface area contributed by atoms with Gasteiger partial charge in [-0.15, -0.1) is 0 Å². The van der Waals surface area contributed by atoms with Gasteiger partial charge in [0.2, 0.25) is 0 Å². The average molecular weight is 862 g/mol. The van der Waals surface area contributed by atoms with Gasteiger partial charge in [-0.05, 0) is 0 Å². The number of hydrogen-bond donors (Lipinski definition) is 0.